The summed E-state index contributed by atoms with van der Waals surface area (Å²) in [5.41, 5.74) is 1.86. The maximum Gasteiger partial charge on any atom is 0.243 e. The lowest BCUT2D eigenvalue weighted by Crippen LogP contribution is -2.40. The van der Waals surface area contributed by atoms with Crippen LogP contribution in [-0.4, -0.2) is 38.8 Å². The quantitative estimate of drug-likeness (QED) is 0.441. The third kappa shape index (κ3) is 6.66. The van der Waals surface area contributed by atoms with Crippen molar-refractivity contribution in [3.05, 3.63) is 94.5 Å². The van der Waals surface area contributed by atoms with E-state index in [0.717, 1.165) is 21.3 Å². The maximum atomic E-state index is 13.3. The van der Waals surface area contributed by atoms with Gasteiger partial charge in [0.25, 0.3) is 0 Å². The Hall–Kier alpha value is -2.68. The molecule has 0 aliphatic rings. The van der Waals surface area contributed by atoms with Crippen molar-refractivity contribution in [2.75, 3.05) is 20.2 Å². The summed E-state index contributed by atoms with van der Waals surface area (Å²) in [5, 5.41) is 2.82. The summed E-state index contributed by atoms with van der Waals surface area (Å²) in [6.45, 7) is 0.240. The van der Waals surface area contributed by atoms with E-state index in [0.29, 0.717) is 13.0 Å². The summed E-state index contributed by atoms with van der Waals surface area (Å²) in [4.78, 5) is 12.8. The third-order valence-electron chi connectivity index (χ3n) is 4.87. The molecular formula is C24H25BrN2O4S. The second kappa shape index (κ2) is 11.3. The summed E-state index contributed by atoms with van der Waals surface area (Å²) in [6.07, 6.45) is 0.633. The molecule has 0 saturated carbocycles. The lowest BCUT2D eigenvalue weighted by molar-refractivity contribution is -0.121. The van der Waals surface area contributed by atoms with Gasteiger partial charge in [0.1, 0.15) is 5.75 Å². The van der Waals surface area contributed by atoms with E-state index in [1.165, 1.54) is 16.4 Å². The van der Waals surface area contributed by atoms with Crippen molar-refractivity contribution >= 4 is 31.9 Å². The van der Waals surface area contributed by atoms with Gasteiger partial charge in [-0.05, 0) is 53.9 Å². The van der Waals surface area contributed by atoms with Crippen LogP contribution in [0.3, 0.4) is 0 Å². The minimum Gasteiger partial charge on any atom is -0.497 e. The summed E-state index contributed by atoms with van der Waals surface area (Å²) in [5.74, 6) is 0.419. The van der Waals surface area contributed by atoms with Gasteiger partial charge in [-0.1, -0.05) is 58.4 Å². The Morgan fingerprint density at radius 3 is 2.22 bits per heavy atom. The highest BCUT2D eigenvalue weighted by Gasteiger charge is 2.26. The van der Waals surface area contributed by atoms with Gasteiger partial charge in [-0.25, -0.2) is 8.42 Å². The topological polar surface area (TPSA) is 75.7 Å². The minimum absolute atomic E-state index is 0.102. The predicted octanol–water partition coefficient (Wildman–Crippen LogP) is 4.01. The average molecular weight is 517 g/mol. The first-order chi connectivity index (χ1) is 15.4. The normalized spacial score (nSPS) is 11.3. The first-order valence-corrected chi connectivity index (χ1v) is 12.3. The lowest BCUT2D eigenvalue weighted by Gasteiger charge is -2.22. The van der Waals surface area contributed by atoms with Crippen LogP contribution in [0.2, 0.25) is 0 Å². The number of ether oxygens (including phenoxy) is 1. The predicted molar refractivity (Wildman–Crippen MR) is 128 cm³/mol. The molecule has 168 valence electrons. The Morgan fingerprint density at radius 2 is 1.59 bits per heavy atom. The molecule has 0 unspecified atom stereocenters. The van der Waals surface area contributed by atoms with Crippen molar-refractivity contribution < 1.29 is 17.9 Å². The first kappa shape index (κ1) is 24.0. The highest BCUT2D eigenvalue weighted by molar-refractivity contribution is 9.10. The molecule has 0 saturated heterocycles. The van der Waals surface area contributed by atoms with Crippen LogP contribution in [0.15, 0.2) is 88.2 Å². The number of benzene rings is 3. The number of carbonyl (C=O) groups is 1. The molecule has 1 amide bonds. The summed E-state index contributed by atoms with van der Waals surface area (Å²) >= 11 is 3.32. The largest absolute Gasteiger partial charge is 0.497 e. The molecule has 3 aromatic rings. The number of hydrogen-bond acceptors (Lipinski definition) is 4. The summed E-state index contributed by atoms with van der Waals surface area (Å²) in [7, 11) is -2.25. The molecule has 6 nitrogen and oxygen atoms in total. The van der Waals surface area contributed by atoms with Gasteiger partial charge in [0, 0.05) is 17.6 Å². The molecule has 32 heavy (non-hydrogen) atoms. The Balaban J connectivity index is 1.68. The Morgan fingerprint density at radius 1 is 0.938 bits per heavy atom. The third-order valence-corrected chi connectivity index (χ3v) is 7.20. The van der Waals surface area contributed by atoms with Crippen molar-refractivity contribution in [1.29, 1.82) is 0 Å². The lowest BCUT2D eigenvalue weighted by atomic mass is 10.1. The van der Waals surface area contributed by atoms with Crippen LogP contribution >= 0.6 is 15.9 Å². The van der Waals surface area contributed by atoms with E-state index in [-0.39, 0.29) is 23.9 Å². The first-order valence-electron chi connectivity index (χ1n) is 10.1. The molecule has 0 bridgehead atoms. The molecule has 0 spiro atoms. The minimum atomic E-state index is -3.86. The van der Waals surface area contributed by atoms with Gasteiger partial charge in [0.05, 0.1) is 18.6 Å². The summed E-state index contributed by atoms with van der Waals surface area (Å²) in [6, 6.07) is 23.2. The smallest absolute Gasteiger partial charge is 0.243 e. The zero-order valence-electron chi connectivity index (χ0n) is 17.7. The number of halogens is 1. The van der Waals surface area contributed by atoms with Crippen molar-refractivity contribution in [3.8, 4) is 5.75 Å². The number of hydrogen-bond donors (Lipinski definition) is 1. The van der Waals surface area contributed by atoms with Crippen LogP contribution in [0.5, 0.6) is 5.75 Å². The zero-order valence-corrected chi connectivity index (χ0v) is 20.1. The van der Waals surface area contributed by atoms with E-state index in [4.69, 9.17) is 4.74 Å². The van der Waals surface area contributed by atoms with Gasteiger partial charge < -0.3 is 10.1 Å². The maximum absolute atomic E-state index is 13.3. The molecule has 3 aromatic carbocycles. The number of sulfonamides is 1. The van der Waals surface area contributed by atoms with E-state index in [1.807, 2.05) is 54.6 Å². The Kier molecular flexibility index (Phi) is 8.44. The van der Waals surface area contributed by atoms with Crippen LogP contribution in [0.4, 0.5) is 0 Å². The molecule has 0 fully saturated rings. The standard InChI is InChI=1S/C24H25BrN2O4S/c1-31-22-11-7-19(8-12-22)15-16-26-24(28)18-27(17-20-5-3-2-4-6-20)32(29,30)23-13-9-21(25)10-14-23/h2-14H,15-18H2,1H3,(H,26,28). The van der Waals surface area contributed by atoms with E-state index in [2.05, 4.69) is 21.2 Å². The number of amides is 1. The van der Waals surface area contributed by atoms with Gasteiger partial charge in [0.2, 0.25) is 15.9 Å². The molecule has 0 aromatic heterocycles. The molecule has 0 atom stereocenters. The molecule has 0 aliphatic heterocycles. The molecular weight excluding hydrogens is 492 g/mol. The Bertz CT molecular complexity index is 1120. The monoisotopic (exact) mass is 516 g/mol. The number of nitrogens with one attached hydrogen (secondary N) is 1. The molecule has 0 heterocycles. The van der Waals surface area contributed by atoms with Crippen molar-refractivity contribution in [1.82, 2.24) is 9.62 Å². The van der Waals surface area contributed by atoms with Gasteiger partial charge in [0.15, 0.2) is 0 Å². The van der Waals surface area contributed by atoms with Gasteiger partial charge in [-0.2, -0.15) is 4.31 Å². The van der Waals surface area contributed by atoms with Gasteiger partial charge >= 0.3 is 0 Å². The SMILES string of the molecule is COc1ccc(CCNC(=O)CN(Cc2ccccc2)S(=O)(=O)c2ccc(Br)cc2)cc1. The average Bonchev–Trinajstić information content (AvgIpc) is 2.80. The second-order valence-electron chi connectivity index (χ2n) is 7.16. The van der Waals surface area contributed by atoms with Crippen molar-refractivity contribution in [2.45, 2.75) is 17.9 Å². The molecule has 3 rings (SSSR count). The molecule has 8 heteroatoms. The number of rotatable bonds is 10. The van der Waals surface area contributed by atoms with Crippen molar-refractivity contribution in [3.63, 3.8) is 0 Å². The van der Waals surface area contributed by atoms with Crippen LogP contribution in [0.25, 0.3) is 0 Å². The highest BCUT2D eigenvalue weighted by Crippen LogP contribution is 2.20. The fraction of sp³-hybridized carbons (Fsp3) is 0.208. The van der Waals surface area contributed by atoms with Gasteiger partial charge in [-0.15, -0.1) is 0 Å². The molecule has 1 N–H and O–H groups in total. The van der Waals surface area contributed by atoms with Crippen LogP contribution in [0, 0.1) is 0 Å². The zero-order chi connectivity index (χ0) is 23.0. The number of methoxy groups -OCH3 is 1. The number of nitrogens with zero attached hydrogens (tertiary/aromatic N) is 1. The van der Waals surface area contributed by atoms with E-state index in [1.54, 1.807) is 19.2 Å². The second-order valence-corrected chi connectivity index (χ2v) is 10.0. The highest BCUT2D eigenvalue weighted by atomic mass is 79.9. The van der Waals surface area contributed by atoms with Gasteiger partial charge in [-0.3, -0.25) is 4.79 Å². The van der Waals surface area contributed by atoms with Crippen LogP contribution < -0.4 is 10.1 Å². The van der Waals surface area contributed by atoms with Crippen molar-refractivity contribution in [2.24, 2.45) is 0 Å². The van der Waals surface area contributed by atoms with E-state index >= 15 is 0 Å². The fourth-order valence-electron chi connectivity index (χ4n) is 3.12. The van der Waals surface area contributed by atoms with E-state index < -0.39 is 10.0 Å². The van der Waals surface area contributed by atoms with E-state index in [9.17, 15) is 13.2 Å². The number of carbonyl (C=O) groups excluding carboxylic acids is 1. The van der Waals surface area contributed by atoms with Crippen LogP contribution in [-0.2, 0) is 27.8 Å². The fourth-order valence-corrected chi connectivity index (χ4v) is 4.77. The molecule has 0 aliphatic carbocycles. The Labute approximate surface area is 197 Å². The summed E-state index contributed by atoms with van der Waals surface area (Å²) < 4.78 is 33.6. The van der Waals surface area contributed by atoms with Crippen LogP contribution in [0.1, 0.15) is 11.1 Å². The molecule has 0 radical (unpaired) electrons.